The van der Waals surface area contributed by atoms with Crippen LogP contribution in [0.4, 0.5) is 0 Å². The molecule has 96 valence electrons. The second-order valence-electron chi connectivity index (χ2n) is 3.58. The molecule has 0 radical (unpaired) electrons. The molecule has 0 fully saturated rings. The zero-order chi connectivity index (χ0) is 13.5. The summed E-state index contributed by atoms with van der Waals surface area (Å²) < 4.78 is 33.3. The Morgan fingerprint density at radius 1 is 1.28 bits per heavy atom. The number of rotatable bonds is 3. The molecule has 0 unspecified atom stereocenters. The lowest BCUT2D eigenvalue weighted by atomic mass is 10.1. The van der Waals surface area contributed by atoms with Crippen molar-refractivity contribution in [3.05, 3.63) is 17.7 Å². The summed E-state index contributed by atoms with van der Waals surface area (Å²) in [6.45, 7) is -0.178. The molecule has 7 nitrogen and oxygen atoms in total. The highest BCUT2D eigenvalue weighted by Crippen LogP contribution is 2.40. The highest BCUT2D eigenvalue weighted by Gasteiger charge is 2.31. The summed E-state index contributed by atoms with van der Waals surface area (Å²) in [6, 6.07) is 2.40. The molecule has 0 saturated carbocycles. The molecular formula is C10H8O7S. The van der Waals surface area contributed by atoms with Crippen molar-refractivity contribution in [2.75, 3.05) is 13.0 Å². The monoisotopic (exact) mass is 272 g/mol. The Balaban J connectivity index is 2.76. The summed E-state index contributed by atoms with van der Waals surface area (Å²) >= 11 is 0. The Hall–Kier alpha value is -2.09. The van der Waals surface area contributed by atoms with Crippen molar-refractivity contribution in [1.29, 1.82) is 0 Å². The minimum Gasteiger partial charge on any atom is -0.475 e. The van der Waals surface area contributed by atoms with Gasteiger partial charge in [0.1, 0.15) is 4.90 Å². The van der Waals surface area contributed by atoms with Crippen molar-refractivity contribution in [2.24, 2.45) is 0 Å². The number of ether oxygens (including phenoxy) is 2. The van der Waals surface area contributed by atoms with Gasteiger partial charge in [-0.05, 0) is 12.1 Å². The predicted molar refractivity (Wildman–Crippen MR) is 57.6 cm³/mol. The number of benzene rings is 1. The van der Waals surface area contributed by atoms with E-state index in [2.05, 4.69) is 0 Å². The van der Waals surface area contributed by atoms with Crippen LogP contribution < -0.4 is 9.47 Å². The van der Waals surface area contributed by atoms with Gasteiger partial charge in [0.05, 0.1) is 5.56 Å². The molecule has 2 rings (SSSR count). The number of carbonyl (C=O) groups excluding carboxylic acids is 1. The van der Waals surface area contributed by atoms with E-state index in [0.717, 1.165) is 12.3 Å². The van der Waals surface area contributed by atoms with Crippen LogP contribution in [0.3, 0.4) is 0 Å². The molecule has 1 aromatic rings. The predicted octanol–water partition coefficient (Wildman–Crippen LogP) is 0.0861. The van der Waals surface area contributed by atoms with Crippen molar-refractivity contribution < 1.29 is 32.6 Å². The van der Waals surface area contributed by atoms with Gasteiger partial charge < -0.3 is 14.6 Å². The Bertz CT molecular complexity index is 644. The summed E-state index contributed by atoms with van der Waals surface area (Å²) in [5, 5.41) is 8.66. The lowest BCUT2D eigenvalue weighted by Crippen LogP contribution is -2.17. The second-order valence-corrected chi connectivity index (χ2v) is 5.54. The highest BCUT2D eigenvalue weighted by molar-refractivity contribution is 7.91. The fourth-order valence-corrected chi connectivity index (χ4v) is 2.67. The van der Waals surface area contributed by atoms with Gasteiger partial charge in [0.15, 0.2) is 21.3 Å². The molecule has 0 aliphatic carbocycles. The van der Waals surface area contributed by atoms with E-state index in [-0.39, 0.29) is 18.3 Å². The van der Waals surface area contributed by atoms with Crippen molar-refractivity contribution in [1.82, 2.24) is 0 Å². The molecule has 1 aliphatic rings. The van der Waals surface area contributed by atoms with Crippen LogP contribution in [0.25, 0.3) is 0 Å². The van der Waals surface area contributed by atoms with Crippen LogP contribution in [-0.2, 0) is 14.6 Å². The number of aliphatic carboxylic acids is 1. The number of carboxylic acids is 1. The number of fused-ring (bicyclic) bond motifs is 1. The van der Waals surface area contributed by atoms with Crippen LogP contribution in [0.5, 0.6) is 11.5 Å². The minimum atomic E-state index is -3.83. The molecule has 0 bridgehead atoms. The first-order chi connectivity index (χ1) is 8.32. The van der Waals surface area contributed by atoms with Crippen molar-refractivity contribution in [3.63, 3.8) is 0 Å². The lowest BCUT2D eigenvalue weighted by molar-refractivity contribution is -0.131. The Morgan fingerprint density at radius 3 is 2.50 bits per heavy atom. The number of hydrogen-bond acceptors (Lipinski definition) is 6. The summed E-state index contributed by atoms with van der Waals surface area (Å²) in [5.74, 6) is -3.01. The lowest BCUT2D eigenvalue weighted by Gasteiger charge is -2.08. The van der Waals surface area contributed by atoms with Crippen LogP contribution in [0, 0.1) is 0 Å². The zero-order valence-corrected chi connectivity index (χ0v) is 9.98. The maximum Gasteiger partial charge on any atom is 0.377 e. The van der Waals surface area contributed by atoms with Crippen LogP contribution in [0.15, 0.2) is 17.0 Å². The summed E-state index contributed by atoms with van der Waals surface area (Å²) in [7, 11) is -3.83. The van der Waals surface area contributed by atoms with Crippen molar-refractivity contribution >= 4 is 21.6 Å². The average Bonchev–Trinajstić information content (AvgIpc) is 2.72. The maximum absolute atomic E-state index is 11.7. The van der Waals surface area contributed by atoms with Crippen LogP contribution in [0.1, 0.15) is 10.4 Å². The molecule has 18 heavy (non-hydrogen) atoms. The topological polar surface area (TPSA) is 107 Å². The van der Waals surface area contributed by atoms with Gasteiger partial charge in [-0.15, -0.1) is 0 Å². The number of ketones is 1. The molecule has 0 spiro atoms. The van der Waals surface area contributed by atoms with Crippen molar-refractivity contribution in [2.45, 2.75) is 4.90 Å². The smallest absolute Gasteiger partial charge is 0.377 e. The van der Waals surface area contributed by atoms with E-state index in [1.807, 2.05) is 0 Å². The third-order valence-corrected chi connectivity index (χ3v) is 3.45. The number of Topliss-reactive ketones (excluding diaryl/α,β-unsaturated/α-hetero) is 1. The molecule has 0 saturated heterocycles. The summed E-state index contributed by atoms with van der Waals surface area (Å²) in [4.78, 5) is 21.7. The third kappa shape index (κ3) is 1.90. The van der Waals surface area contributed by atoms with E-state index in [1.165, 1.54) is 6.07 Å². The SMILES string of the molecule is CS(=O)(=O)c1c(C(=O)C(=O)O)ccc2c1OCO2. The van der Waals surface area contributed by atoms with Crippen LogP contribution in [-0.4, -0.2) is 38.3 Å². The Morgan fingerprint density at radius 2 is 1.94 bits per heavy atom. The molecule has 1 aliphatic heterocycles. The van der Waals surface area contributed by atoms with Gasteiger partial charge in [-0.25, -0.2) is 13.2 Å². The number of sulfone groups is 1. The van der Waals surface area contributed by atoms with E-state index >= 15 is 0 Å². The summed E-state index contributed by atoms with van der Waals surface area (Å²) in [5.41, 5.74) is -0.436. The van der Waals surface area contributed by atoms with Crippen LogP contribution in [0.2, 0.25) is 0 Å². The van der Waals surface area contributed by atoms with E-state index in [0.29, 0.717) is 0 Å². The third-order valence-electron chi connectivity index (χ3n) is 2.30. The molecule has 1 heterocycles. The molecule has 1 aromatic carbocycles. The van der Waals surface area contributed by atoms with Gasteiger partial charge in [0.2, 0.25) is 6.79 Å². The quantitative estimate of drug-likeness (QED) is 0.613. The van der Waals surface area contributed by atoms with Gasteiger partial charge in [0, 0.05) is 6.26 Å². The van der Waals surface area contributed by atoms with E-state index in [1.54, 1.807) is 0 Å². The number of hydrogen-bond donors (Lipinski definition) is 1. The van der Waals surface area contributed by atoms with E-state index < -0.39 is 32.0 Å². The minimum absolute atomic E-state index is 0.121. The maximum atomic E-state index is 11.7. The van der Waals surface area contributed by atoms with Gasteiger partial charge in [0.25, 0.3) is 5.78 Å². The van der Waals surface area contributed by atoms with Gasteiger partial charge in [-0.1, -0.05) is 0 Å². The summed E-state index contributed by atoms with van der Waals surface area (Å²) in [6.07, 6.45) is 0.864. The fraction of sp³-hybridized carbons (Fsp3) is 0.200. The fourth-order valence-electron chi connectivity index (χ4n) is 1.61. The molecular weight excluding hydrogens is 264 g/mol. The highest BCUT2D eigenvalue weighted by atomic mass is 32.2. The molecule has 8 heteroatoms. The first-order valence-corrected chi connectivity index (χ1v) is 6.62. The van der Waals surface area contributed by atoms with Crippen molar-refractivity contribution in [3.8, 4) is 11.5 Å². The van der Waals surface area contributed by atoms with E-state index in [9.17, 15) is 18.0 Å². The first kappa shape index (κ1) is 12.4. The number of carboxylic acid groups (broad SMARTS) is 1. The zero-order valence-electron chi connectivity index (χ0n) is 9.17. The molecule has 0 aromatic heterocycles. The molecule has 1 N–H and O–H groups in total. The molecule has 0 atom stereocenters. The van der Waals surface area contributed by atoms with Gasteiger partial charge >= 0.3 is 5.97 Å². The van der Waals surface area contributed by atoms with Crippen LogP contribution >= 0.6 is 0 Å². The second kappa shape index (κ2) is 3.98. The Labute approximate surface area is 102 Å². The first-order valence-electron chi connectivity index (χ1n) is 4.72. The molecule has 0 amide bonds. The normalized spacial score (nSPS) is 13.4. The van der Waals surface area contributed by atoms with Gasteiger partial charge in [-0.3, -0.25) is 4.79 Å². The average molecular weight is 272 g/mol. The van der Waals surface area contributed by atoms with E-state index in [4.69, 9.17) is 14.6 Å². The van der Waals surface area contributed by atoms with Gasteiger partial charge in [-0.2, -0.15) is 0 Å². The Kier molecular flexibility index (Phi) is 2.74. The largest absolute Gasteiger partial charge is 0.475 e. The number of carbonyl (C=O) groups is 2. The standard InChI is InChI=1S/C10H8O7S/c1-18(14,15)9-5(7(11)10(12)13)2-3-6-8(9)17-4-16-6/h2-3H,4H2,1H3,(H,12,13).